The van der Waals surface area contributed by atoms with Crippen LogP contribution in [0.5, 0.6) is 0 Å². The highest BCUT2D eigenvalue weighted by atomic mass is 79.9. The summed E-state index contributed by atoms with van der Waals surface area (Å²) in [4.78, 5) is 17.2. The molecule has 1 heterocycles. The van der Waals surface area contributed by atoms with Gasteiger partial charge in [-0.15, -0.1) is 0 Å². The fraction of sp³-hybridized carbons (Fsp3) is 0.120. The quantitative estimate of drug-likeness (QED) is 0.359. The topological polar surface area (TPSA) is 84.3 Å². The second-order valence-electron chi connectivity index (χ2n) is 7.68. The number of hydrogen-bond donors (Lipinski definition) is 1. The Hall–Kier alpha value is -3.43. The van der Waals surface area contributed by atoms with Gasteiger partial charge in [-0.3, -0.25) is 9.10 Å². The molecule has 0 aliphatic carbocycles. The summed E-state index contributed by atoms with van der Waals surface area (Å²) in [5.41, 5.74) is 3.10. The van der Waals surface area contributed by atoms with Crippen LogP contribution in [0, 0.1) is 6.92 Å². The Morgan fingerprint density at radius 3 is 2.53 bits per heavy atom. The fourth-order valence-corrected chi connectivity index (χ4v) is 5.28. The van der Waals surface area contributed by atoms with Crippen LogP contribution in [0.2, 0.25) is 0 Å². The largest absolute Gasteiger partial charge is 0.350 e. The zero-order chi connectivity index (χ0) is 24.1. The van der Waals surface area contributed by atoms with E-state index in [4.69, 9.17) is 0 Å². The van der Waals surface area contributed by atoms with Gasteiger partial charge in [0, 0.05) is 23.4 Å². The van der Waals surface area contributed by atoms with E-state index in [1.165, 1.54) is 0 Å². The zero-order valence-electron chi connectivity index (χ0n) is 18.4. The Bertz CT molecular complexity index is 1390. The van der Waals surface area contributed by atoms with Gasteiger partial charge in [0.2, 0.25) is 5.91 Å². The van der Waals surface area contributed by atoms with Gasteiger partial charge in [-0.05, 0) is 48.9 Å². The SMILES string of the molecule is Cc1ccc(S(=O)(=O)N(CC(=O)NCc2ccccc2-n2ccnc2)c2cccc(Br)c2)cc1. The Morgan fingerprint density at radius 1 is 1.06 bits per heavy atom. The highest BCUT2D eigenvalue weighted by molar-refractivity contribution is 9.10. The zero-order valence-corrected chi connectivity index (χ0v) is 20.8. The van der Waals surface area contributed by atoms with Crippen molar-refractivity contribution >= 4 is 37.5 Å². The molecule has 174 valence electrons. The highest BCUT2D eigenvalue weighted by Crippen LogP contribution is 2.26. The average Bonchev–Trinajstić information content (AvgIpc) is 3.36. The molecular formula is C25H23BrN4O3S. The summed E-state index contributed by atoms with van der Waals surface area (Å²) < 4.78 is 30.7. The number of imidazole rings is 1. The van der Waals surface area contributed by atoms with Crippen molar-refractivity contribution in [2.45, 2.75) is 18.4 Å². The van der Waals surface area contributed by atoms with Gasteiger partial charge < -0.3 is 9.88 Å². The molecule has 1 aromatic heterocycles. The van der Waals surface area contributed by atoms with Gasteiger partial charge in [0.15, 0.2) is 0 Å². The van der Waals surface area contributed by atoms with Crippen molar-refractivity contribution in [3.05, 3.63) is 107 Å². The van der Waals surface area contributed by atoms with E-state index in [1.807, 2.05) is 42.0 Å². The molecule has 9 heteroatoms. The molecule has 0 bridgehead atoms. The van der Waals surface area contributed by atoms with Gasteiger partial charge in [-0.1, -0.05) is 57.9 Å². The standard InChI is InChI=1S/C25H23BrN4O3S/c1-19-9-11-23(12-10-19)34(32,33)30(22-7-4-6-21(26)15-22)17-25(31)28-16-20-5-2-3-8-24(20)29-14-13-27-18-29/h2-15,18H,16-17H2,1H3,(H,28,31). The van der Waals surface area contributed by atoms with Crippen LogP contribution in [-0.4, -0.2) is 30.4 Å². The molecule has 1 amide bonds. The molecule has 0 fully saturated rings. The molecule has 0 spiro atoms. The number of carbonyl (C=O) groups is 1. The first-order chi connectivity index (χ1) is 16.3. The van der Waals surface area contributed by atoms with Crippen LogP contribution in [0.3, 0.4) is 0 Å². The summed E-state index contributed by atoms with van der Waals surface area (Å²) in [6.07, 6.45) is 5.19. The number of halogens is 1. The molecule has 0 aliphatic rings. The minimum absolute atomic E-state index is 0.122. The number of aromatic nitrogens is 2. The normalized spacial score (nSPS) is 11.2. The molecular weight excluding hydrogens is 516 g/mol. The molecule has 1 N–H and O–H groups in total. The molecule has 0 atom stereocenters. The van der Waals surface area contributed by atoms with E-state index in [0.29, 0.717) is 10.2 Å². The van der Waals surface area contributed by atoms with Gasteiger partial charge in [0.05, 0.1) is 22.6 Å². The second kappa shape index (κ2) is 10.2. The lowest BCUT2D eigenvalue weighted by Gasteiger charge is -2.24. The number of aryl methyl sites for hydroxylation is 1. The number of nitrogens with zero attached hydrogens (tertiary/aromatic N) is 3. The van der Waals surface area contributed by atoms with Crippen LogP contribution in [-0.2, 0) is 21.4 Å². The lowest BCUT2D eigenvalue weighted by atomic mass is 10.1. The first-order valence-electron chi connectivity index (χ1n) is 10.5. The number of nitrogens with one attached hydrogen (secondary N) is 1. The fourth-order valence-electron chi connectivity index (χ4n) is 3.48. The van der Waals surface area contributed by atoms with E-state index in [0.717, 1.165) is 21.1 Å². The number of hydrogen-bond acceptors (Lipinski definition) is 4. The van der Waals surface area contributed by atoms with Crippen molar-refractivity contribution in [3.8, 4) is 5.69 Å². The maximum Gasteiger partial charge on any atom is 0.264 e. The molecule has 4 rings (SSSR count). The predicted molar refractivity (Wildman–Crippen MR) is 135 cm³/mol. The van der Waals surface area contributed by atoms with Gasteiger partial charge in [-0.25, -0.2) is 13.4 Å². The minimum atomic E-state index is -3.97. The molecule has 0 radical (unpaired) electrons. The molecule has 4 aromatic rings. The first-order valence-corrected chi connectivity index (χ1v) is 12.8. The summed E-state index contributed by atoms with van der Waals surface area (Å²) in [5.74, 6) is -0.420. The van der Waals surface area contributed by atoms with Crippen molar-refractivity contribution in [2.75, 3.05) is 10.8 Å². The number of benzene rings is 3. The molecule has 7 nitrogen and oxygen atoms in total. The molecule has 0 saturated carbocycles. The summed E-state index contributed by atoms with van der Waals surface area (Å²) >= 11 is 3.39. The van der Waals surface area contributed by atoms with Crippen molar-refractivity contribution in [3.63, 3.8) is 0 Å². The van der Waals surface area contributed by atoms with E-state index < -0.39 is 15.9 Å². The molecule has 0 saturated heterocycles. The van der Waals surface area contributed by atoms with Crippen LogP contribution in [0.4, 0.5) is 5.69 Å². The number of para-hydroxylation sites is 1. The van der Waals surface area contributed by atoms with Crippen LogP contribution >= 0.6 is 15.9 Å². The van der Waals surface area contributed by atoms with E-state index in [1.54, 1.807) is 61.1 Å². The Labute approximate surface area is 207 Å². The molecule has 0 unspecified atom stereocenters. The van der Waals surface area contributed by atoms with Gasteiger partial charge in [0.25, 0.3) is 10.0 Å². The smallest absolute Gasteiger partial charge is 0.264 e. The Kier molecular flexibility index (Phi) is 7.14. The van der Waals surface area contributed by atoms with Crippen molar-refractivity contribution < 1.29 is 13.2 Å². The predicted octanol–water partition coefficient (Wildman–Crippen LogP) is 4.45. The van der Waals surface area contributed by atoms with Crippen molar-refractivity contribution in [1.82, 2.24) is 14.9 Å². The highest BCUT2D eigenvalue weighted by Gasteiger charge is 2.27. The lowest BCUT2D eigenvalue weighted by Crippen LogP contribution is -2.40. The summed E-state index contributed by atoms with van der Waals surface area (Å²) in [6.45, 7) is 1.77. The first kappa shape index (κ1) is 23.7. The molecule has 0 aliphatic heterocycles. The van der Waals surface area contributed by atoms with E-state index >= 15 is 0 Å². The van der Waals surface area contributed by atoms with Crippen molar-refractivity contribution in [1.29, 1.82) is 0 Å². The monoisotopic (exact) mass is 538 g/mol. The molecule has 34 heavy (non-hydrogen) atoms. The number of rotatable bonds is 8. The van der Waals surface area contributed by atoms with Crippen LogP contribution in [0.25, 0.3) is 5.69 Å². The lowest BCUT2D eigenvalue weighted by molar-refractivity contribution is -0.119. The van der Waals surface area contributed by atoms with Crippen molar-refractivity contribution in [2.24, 2.45) is 0 Å². The summed E-state index contributed by atoms with van der Waals surface area (Å²) in [5, 5.41) is 2.86. The Balaban J connectivity index is 1.58. The summed E-state index contributed by atoms with van der Waals surface area (Å²) in [6, 6.07) is 21.1. The van der Waals surface area contributed by atoms with Gasteiger partial charge in [-0.2, -0.15) is 0 Å². The second-order valence-corrected chi connectivity index (χ2v) is 10.5. The minimum Gasteiger partial charge on any atom is -0.350 e. The van der Waals surface area contributed by atoms with E-state index in [2.05, 4.69) is 26.2 Å². The number of carbonyl (C=O) groups excluding carboxylic acids is 1. The van der Waals surface area contributed by atoms with Gasteiger partial charge in [0.1, 0.15) is 6.54 Å². The van der Waals surface area contributed by atoms with E-state index in [9.17, 15) is 13.2 Å². The Morgan fingerprint density at radius 2 is 1.82 bits per heavy atom. The third-order valence-corrected chi connectivity index (χ3v) is 7.52. The van der Waals surface area contributed by atoms with Gasteiger partial charge >= 0.3 is 0 Å². The third-order valence-electron chi connectivity index (χ3n) is 5.24. The summed E-state index contributed by atoms with van der Waals surface area (Å²) in [7, 11) is -3.97. The van der Waals surface area contributed by atoms with Crippen LogP contribution in [0.1, 0.15) is 11.1 Å². The number of sulfonamides is 1. The van der Waals surface area contributed by atoms with Crippen LogP contribution < -0.4 is 9.62 Å². The number of anilines is 1. The maximum atomic E-state index is 13.5. The average molecular weight is 539 g/mol. The number of amides is 1. The third kappa shape index (κ3) is 5.37. The maximum absolute atomic E-state index is 13.5. The molecule has 3 aromatic carbocycles. The van der Waals surface area contributed by atoms with Crippen LogP contribution in [0.15, 0.2) is 101 Å². The van der Waals surface area contributed by atoms with E-state index in [-0.39, 0.29) is 18.0 Å².